The van der Waals surface area contributed by atoms with Gasteiger partial charge in [-0.05, 0) is 24.3 Å². The largest absolute Gasteiger partial charge is 0.0907 e. The van der Waals surface area contributed by atoms with Crippen molar-refractivity contribution in [3.8, 4) is 0 Å². The highest BCUT2D eigenvalue weighted by Crippen LogP contribution is 2.35. The number of halogens is 2. The van der Waals surface area contributed by atoms with Gasteiger partial charge in [-0.1, -0.05) is 57.0 Å². The molecule has 0 N–H and O–H groups in total. The third-order valence-corrected chi connectivity index (χ3v) is 2.97. The Kier molecular flexibility index (Phi) is 3.86. The highest BCUT2D eigenvalue weighted by molar-refractivity contribution is 9.24. The average Bonchev–Trinajstić information content (AvgIpc) is 1.84. The molecule has 0 bridgehead atoms. The summed E-state index contributed by atoms with van der Waals surface area (Å²) in [5.41, 5.74) is 1.47. The van der Waals surface area contributed by atoms with Crippen molar-refractivity contribution in [3.05, 3.63) is 23.8 Å². The van der Waals surface area contributed by atoms with Crippen molar-refractivity contribution >= 4 is 31.9 Å². The zero-order valence-electron chi connectivity index (χ0n) is 6.56. The zero-order valence-corrected chi connectivity index (χ0v) is 9.73. The number of allylic oxidation sites excluding steroid dienone is 4. The first-order valence-electron chi connectivity index (χ1n) is 3.89. The van der Waals surface area contributed by atoms with Crippen molar-refractivity contribution in [2.75, 3.05) is 0 Å². The number of alkyl halides is 2. The first kappa shape index (κ1) is 9.53. The van der Waals surface area contributed by atoms with Crippen LogP contribution in [0.1, 0.15) is 19.8 Å². The molecule has 0 heterocycles. The van der Waals surface area contributed by atoms with Crippen LogP contribution >= 0.6 is 31.9 Å². The monoisotopic (exact) mass is 278 g/mol. The molecular weight excluding hydrogens is 268 g/mol. The second kappa shape index (κ2) is 4.46. The van der Waals surface area contributed by atoms with E-state index in [9.17, 15) is 0 Å². The summed E-state index contributed by atoms with van der Waals surface area (Å²) in [5.74, 6) is 0.697. The quantitative estimate of drug-likeness (QED) is 0.541. The summed E-state index contributed by atoms with van der Waals surface area (Å²) in [6, 6.07) is 0. The van der Waals surface area contributed by atoms with Crippen LogP contribution in [0.2, 0.25) is 0 Å². The fourth-order valence-electron chi connectivity index (χ4n) is 1.11. The molecule has 0 saturated heterocycles. The van der Waals surface area contributed by atoms with Gasteiger partial charge in [-0.25, -0.2) is 0 Å². The SMILES string of the molecule is CC/C=C/C1C=C(C(Br)Br)C1. The molecule has 0 nitrogen and oxygen atoms in total. The second-order valence-corrected chi connectivity index (χ2v) is 5.81. The van der Waals surface area contributed by atoms with Crippen molar-refractivity contribution in [1.29, 1.82) is 0 Å². The molecule has 1 unspecified atom stereocenters. The van der Waals surface area contributed by atoms with Gasteiger partial charge in [-0.2, -0.15) is 0 Å². The molecule has 0 spiro atoms. The van der Waals surface area contributed by atoms with Crippen LogP contribution in [0.5, 0.6) is 0 Å². The van der Waals surface area contributed by atoms with Gasteiger partial charge in [0.1, 0.15) is 0 Å². The Bertz CT molecular complexity index is 180. The molecule has 62 valence electrons. The minimum Gasteiger partial charge on any atom is -0.0882 e. The van der Waals surface area contributed by atoms with Crippen LogP contribution in [0.15, 0.2) is 23.8 Å². The van der Waals surface area contributed by atoms with Crippen LogP contribution in [-0.2, 0) is 0 Å². The first-order valence-corrected chi connectivity index (χ1v) is 5.72. The van der Waals surface area contributed by atoms with E-state index >= 15 is 0 Å². The molecule has 0 aromatic carbocycles. The standard InChI is InChI=1S/C9H12Br2/c1-2-3-4-7-5-8(6-7)9(10)11/h3-5,7,9H,2,6H2,1H3/b4-3+. The third-order valence-electron chi connectivity index (χ3n) is 1.80. The van der Waals surface area contributed by atoms with Gasteiger partial charge in [0, 0.05) is 0 Å². The van der Waals surface area contributed by atoms with Gasteiger partial charge < -0.3 is 0 Å². The number of rotatable bonds is 3. The maximum Gasteiger partial charge on any atom is 0.0907 e. The maximum absolute atomic E-state index is 3.47. The highest BCUT2D eigenvalue weighted by Gasteiger charge is 2.19. The summed E-state index contributed by atoms with van der Waals surface area (Å²) in [7, 11) is 0. The van der Waals surface area contributed by atoms with E-state index in [0.717, 1.165) is 6.42 Å². The average molecular weight is 280 g/mol. The summed E-state index contributed by atoms with van der Waals surface area (Å²) >= 11 is 6.94. The maximum atomic E-state index is 3.47. The van der Waals surface area contributed by atoms with Crippen molar-refractivity contribution in [1.82, 2.24) is 0 Å². The molecule has 0 aliphatic heterocycles. The van der Waals surface area contributed by atoms with Crippen LogP contribution < -0.4 is 0 Å². The van der Waals surface area contributed by atoms with E-state index in [0.29, 0.717) is 9.65 Å². The summed E-state index contributed by atoms with van der Waals surface area (Å²) < 4.78 is 0.390. The molecule has 1 aliphatic carbocycles. The van der Waals surface area contributed by atoms with E-state index < -0.39 is 0 Å². The molecule has 0 amide bonds. The molecular formula is C9H12Br2. The molecule has 0 radical (unpaired) electrons. The van der Waals surface area contributed by atoms with Gasteiger partial charge in [0.05, 0.1) is 3.74 Å². The lowest BCUT2D eigenvalue weighted by atomic mass is 9.87. The molecule has 11 heavy (non-hydrogen) atoms. The Labute approximate surface area is 85.0 Å². The van der Waals surface area contributed by atoms with E-state index in [2.05, 4.69) is 57.0 Å². The highest BCUT2D eigenvalue weighted by atomic mass is 79.9. The van der Waals surface area contributed by atoms with E-state index in [1.54, 1.807) is 0 Å². The summed E-state index contributed by atoms with van der Waals surface area (Å²) in [6.07, 6.45) is 9.17. The van der Waals surface area contributed by atoms with Gasteiger partial charge in [-0.15, -0.1) is 0 Å². The summed E-state index contributed by atoms with van der Waals surface area (Å²) in [4.78, 5) is 0. The lowest BCUT2D eigenvalue weighted by Gasteiger charge is -2.23. The van der Waals surface area contributed by atoms with Crippen molar-refractivity contribution in [2.24, 2.45) is 5.92 Å². The van der Waals surface area contributed by atoms with E-state index in [1.165, 1.54) is 12.0 Å². The van der Waals surface area contributed by atoms with Gasteiger partial charge in [0.2, 0.25) is 0 Å². The van der Waals surface area contributed by atoms with Crippen molar-refractivity contribution < 1.29 is 0 Å². The Morgan fingerprint density at radius 3 is 2.82 bits per heavy atom. The summed E-state index contributed by atoms with van der Waals surface area (Å²) in [6.45, 7) is 2.16. The lowest BCUT2D eigenvalue weighted by molar-refractivity contribution is 0.704. The Balaban J connectivity index is 2.33. The molecule has 0 saturated carbocycles. The molecule has 1 aliphatic rings. The smallest absolute Gasteiger partial charge is 0.0882 e. The molecule has 0 fully saturated rings. The minimum atomic E-state index is 0.390. The molecule has 1 atom stereocenters. The molecule has 1 rings (SSSR count). The van der Waals surface area contributed by atoms with Gasteiger partial charge in [0.25, 0.3) is 0 Å². The predicted molar refractivity (Wildman–Crippen MR) is 57.3 cm³/mol. The van der Waals surface area contributed by atoms with Crippen LogP contribution in [0.25, 0.3) is 0 Å². The molecule has 0 aromatic heterocycles. The van der Waals surface area contributed by atoms with E-state index in [-0.39, 0.29) is 0 Å². The van der Waals surface area contributed by atoms with Crippen LogP contribution in [0.3, 0.4) is 0 Å². The Morgan fingerprint density at radius 2 is 2.36 bits per heavy atom. The van der Waals surface area contributed by atoms with Crippen molar-refractivity contribution in [2.45, 2.75) is 23.5 Å². The fraction of sp³-hybridized carbons (Fsp3) is 0.556. The predicted octanol–water partition coefficient (Wildman–Crippen LogP) is 4.01. The van der Waals surface area contributed by atoms with Crippen LogP contribution in [0, 0.1) is 5.92 Å². The topological polar surface area (TPSA) is 0 Å². The van der Waals surface area contributed by atoms with E-state index in [4.69, 9.17) is 0 Å². The van der Waals surface area contributed by atoms with Gasteiger partial charge in [-0.3, -0.25) is 0 Å². The fourth-order valence-corrected chi connectivity index (χ4v) is 1.79. The minimum absolute atomic E-state index is 0.390. The Morgan fingerprint density at radius 1 is 1.73 bits per heavy atom. The van der Waals surface area contributed by atoms with Gasteiger partial charge >= 0.3 is 0 Å². The van der Waals surface area contributed by atoms with Gasteiger partial charge in [0.15, 0.2) is 0 Å². The molecule has 0 aromatic rings. The number of hydrogen-bond donors (Lipinski definition) is 0. The summed E-state index contributed by atoms with van der Waals surface area (Å²) in [5, 5.41) is 0. The first-order chi connectivity index (χ1) is 5.24. The molecule has 2 heteroatoms. The van der Waals surface area contributed by atoms with Crippen LogP contribution in [-0.4, -0.2) is 3.74 Å². The Hall–Kier alpha value is 0.440. The normalized spacial score (nSPS) is 24.0. The van der Waals surface area contributed by atoms with Crippen LogP contribution in [0.4, 0.5) is 0 Å². The third kappa shape index (κ3) is 2.75. The second-order valence-electron chi connectivity index (χ2n) is 2.75. The lowest BCUT2D eigenvalue weighted by Crippen LogP contribution is -2.11. The number of hydrogen-bond acceptors (Lipinski definition) is 0. The van der Waals surface area contributed by atoms with E-state index in [1.807, 2.05) is 0 Å². The van der Waals surface area contributed by atoms with Crippen molar-refractivity contribution in [3.63, 3.8) is 0 Å². The zero-order chi connectivity index (χ0) is 8.27.